The molecule has 4 fully saturated rings. The van der Waals surface area contributed by atoms with Crippen LogP contribution in [0.1, 0.15) is 32.1 Å². The van der Waals surface area contributed by atoms with Crippen molar-refractivity contribution in [1.29, 1.82) is 0 Å². The van der Waals surface area contributed by atoms with E-state index < -0.39 is 0 Å². The molecule has 7 heteroatoms. The maximum atomic E-state index is 13.4. The maximum absolute atomic E-state index is 13.4. The molecule has 29 heavy (non-hydrogen) atoms. The second-order valence-electron chi connectivity index (χ2n) is 9.60. The van der Waals surface area contributed by atoms with Crippen LogP contribution in [0.2, 0.25) is 0 Å². The van der Waals surface area contributed by atoms with Crippen molar-refractivity contribution in [2.24, 2.45) is 16.7 Å². The topological polar surface area (TPSA) is 61.8 Å². The summed E-state index contributed by atoms with van der Waals surface area (Å²) in [5.74, 6) is 1.88. The minimum absolute atomic E-state index is 0.0419. The van der Waals surface area contributed by atoms with Crippen LogP contribution in [0.5, 0.6) is 0 Å². The Hall–Kier alpha value is -1.73. The number of rotatable bonds is 3. The third kappa shape index (κ3) is 3.22. The lowest BCUT2D eigenvalue weighted by Gasteiger charge is -2.47. The van der Waals surface area contributed by atoms with E-state index >= 15 is 0 Å². The molecule has 0 aliphatic carbocycles. The zero-order valence-electron chi connectivity index (χ0n) is 17.6. The van der Waals surface area contributed by atoms with Gasteiger partial charge in [-0.2, -0.15) is 0 Å². The molecule has 1 atom stereocenters. The fourth-order valence-corrected chi connectivity index (χ4v) is 6.33. The molecule has 4 aliphatic heterocycles. The van der Waals surface area contributed by atoms with Gasteiger partial charge >= 0.3 is 0 Å². The first kappa shape index (κ1) is 19.2. The van der Waals surface area contributed by atoms with Crippen molar-refractivity contribution in [2.45, 2.75) is 32.1 Å². The lowest BCUT2D eigenvalue weighted by molar-refractivity contribution is -0.141. The van der Waals surface area contributed by atoms with E-state index in [4.69, 9.17) is 4.74 Å². The van der Waals surface area contributed by atoms with Gasteiger partial charge in [-0.15, -0.1) is 0 Å². The standard InChI is InChI=1S/C22H33N5O2/c1-25-10-7-22(19(25)28)17-27(20-23-8-2-9-24-20)16-21(22)5-11-26(12-6-21)15-18-3-13-29-14-4-18/h2,8-9,18H,3-7,10-17H2,1H3. The number of ether oxygens (including phenoxy) is 1. The first-order valence-corrected chi connectivity index (χ1v) is 11.2. The average molecular weight is 400 g/mol. The number of carbonyl (C=O) groups excluding carboxylic acids is 1. The molecule has 0 aromatic carbocycles. The van der Waals surface area contributed by atoms with Crippen molar-refractivity contribution >= 4 is 11.9 Å². The van der Waals surface area contributed by atoms with Gasteiger partial charge in [0.1, 0.15) is 0 Å². The minimum atomic E-state index is -0.272. The van der Waals surface area contributed by atoms with E-state index in [9.17, 15) is 4.79 Å². The van der Waals surface area contributed by atoms with Crippen molar-refractivity contribution in [3.63, 3.8) is 0 Å². The van der Waals surface area contributed by atoms with E-state index in [1.165, 1.54) is 19.4 Å². The van der Waals surface area contributed by atoms with Crippen LogP contribution >= 0.6 is 0 Å². The molecule has 7 nitrogen and oxygen atoms in total. The van der Waals surface area contributed by atoms with Crippen LogP contribution in [-0.4, -0.2) is 85.2 Å². The molecule has 0 N–H and O–H groups in total. The third-order valence-electron chi connectivity index (χ3n) is 8.10. The largest absolute Gasteiger partial charge is 0.381 e. The summed E-state index contributed by atoms with van der Waals surface area (Å²) < 4.78 is 5.53. The van der Waals surface area contributed by atoms with Gasteiger partial charge in [-0.1, -0.05) is 0 Å². The van der Waals surface area contributed by atoms with E-state index in [1.54, 1.807) is 12.4 Å². The Kier molecular flexibility index (Phi) is 4.98. The van der Waals surface area contributed by atoms with Crippen LogP contribution < -0.4 is 4.90 Å². The molecule has 2 spiro atoms. The molecular weight excluding hydrogens is 366 g/mol. The average Bonchev–Trinajstić information content (AvgIpc) is 3.24. The highest BCUT2D eigenvalue weighted by molar-refractivity contribution is 5.87. The van der Waals surface area contributed by atoms with Crippen molar-refractivity contribution in [1.82, 2.24) is 19.8 Å². The van der Waals surface area contributed by atoms with Crippen molar-refractivity contribution in [3.05, 3.63) is 18.5 Å². The van der Waals surface area contributed by atoms with E-state index in [-0.39, 0.29) is 10.8 Å². The molecule has 5 heterocycles. The summed E-state index contributed by atoms with van der Waals surface area (Å²) in [6, 6.07) is 1.86. The zero-order valence-corrected chi connectivity index (χ0v) is 17.6. The molecule has 4 saturated heterocycles. The van der Waals surface area contributed by atoms with E-state index in [0.717, 1.165) is 77.1 Å². The molecular formula is C22H33N5O2. The summed E-state index contributed by atoms with van der Waals surface area (Å²) in [6.45, 7) is 7.75. The number of likely N-dealkylation sites (tertiary alicyclic amines) is 2. The van der Waals surface area contributed by atoms with Crippen molar-refractivity contribution in [2.75, 3.05) is 64.4 Å². The van der Waals surface area contributed by atoms with E-state index in [1.807, 2.05) is 18.0 Å². The molecule has 1 unspecified atom stereocenters. The van der Waals surface area contributed by atoms with Crippen LogP contribution in [0.3, 0.4) is 0 Å². The van der Waals surface area contributed by atoms with Gasteiger partial charge in [0.15, 0.2) is 0 Å². The number of amides is 1. The van der Waals surface area contributed by atoms with Gasteiger partial charge in [0.2, 0.25) is 11.9 Å². The Morgan fingerprint density at radius 2 is 1.79 bits per heavy atom. The summed E-state index contributed by atoms with van der Waals surface area (Å²) in [7, 11) is 1.97. The number of piperidine rings is 1. The molecule has 1 aromatic rings. The van der Waals surface area contributed by atoms with Gasteiger partial charge in [0.05, 0.1) is 5.41 Å². The summed E-state index contributed by atoms with van der Waals surface area (Å²) in [6.07, 6.45) is 9.14. The van der Waals surface area contributed by atoms with E-state index in [0.29, 0.717) is 5.91 Å². The van der Waals surface area contributed by atoms with Gasteiger partial charge in [-0.25, -0.2) is 9.97 Å². The molecule has 0 bridgehead atoms. The number of hydrogen-bond donors (Lipinski definition) is 0. The first-order chi connectivity index (χ1) is 14.1. The lowest BCUT2D eigenvalue weighted by Crippen LogP contribution is -2.53. The number of fused-ring (bicyclic) bond motifs is 1. The number of hydrogen-bond acceptors (Lipinski definition) is 6. The molecule has 0 saturated carbocycles. The van der Waals surface area contributed by atoms with Crippen LogP contribution in [0.25, 0.3) is 0 Å². The smallest absolute Gasteiger partial charge is 0.231 e. The minimum Gasteiger partial charge on any atom is -0.381 e. The summed E-state index contributed by atoms with van der Waals surface area (Å²) >= 11 is 0. The highest BCUT2D eigenvalue weighted by atomic mass is 16.5. The van der Waals surface area contributed by atoms with Gasteiger partial charge in [-0.3, -0.25) is 4.79 Å². The maximum Gasteiger partial charge on any atom is 0.231 e. The van der Waals surface area contributed by atoms with Crippen LogP contribution in [0.15, 0.2) is 18.5 Å². The van der Waals surface area contributed by atoms with Crippen molar-refractivity contribution in [3.8, 4) is 0 Å². The second kappa shape index (κ2) is 7.51. The van der Waals surface area contributed by atoms with Gasteiger partial charge in [0, 0.05) is 64.2 Å². The third-order valence-corrected chi connectivity index (χ3v) is 8.10. The predicted octanol–water partition coefficient (Wildman–Crippen LogP) is 1.65. The Bertz CT molecular complexity index is 730. The Morgan fingerprint density at radius 1 is 1.07 bits per heavy atom. The number of nitrogens with zero attached hydrogens (tertiary/aromatic N) is 5. The van der Waals surface area contributed by atoms with Gasteiger partial charge in [0.25, 0.3) is 0 Å². The number of carbonyl (C=O) groups is 1. The summed E-state index contributed by atoms with van der Waals surface area (Å²) in [5.41, 5.74) is -0.230. The molecule has 1 aromatic heterocycles. The van der Waals surface area contributed by atoms with Gasteiger partial charge in [-0.05, 0) is 57.2 Å². The quantitative estimate of drug-likeness (QED) is 0.770. The first-order valence-electron chi connectivity index (χ1n) is 11.2. The zero-order chi connectivity index (χ0) is 19.9. The lowest BCUT2D eigenvalue weighted by atomic mass is 9.60. The Balaban J connectivity index is 1.35. The molecule has 158 valence electrons. The highest BCUT2D eigenvalue weighted by Gasteiger charge is 2.65. The normalized spacial score (nSPS) is 30.7. The Labute approximate surface area is 173 Å². The van der Waals surface area contributed by atoms with Crippen LogP contribution in [0.4, 0.5) is 5.95 Å². The predicted molar refractivity (Wildman–Crippen MR) is 111 cm³/mol. The highest BCUT2D eigenvalue weighted by Crippen LogP contribution is 2.58. The van der Waals surface area contributed by atoms with E-state index in [2.05, 4.69) is 19.8 Å². The molecule has 0 radical (unpaired) electrons. The molecule has 5 rings (SSSR count). The summed E-state index contributed by atoms with van der Waals surface area (Å²) in [5, 5.41) is 0. The monoisotopic (exact) mass is 399 g/mol. The van der Waals surface area contributed by atoms with Crippen LogP contribution in [-0.2, 0) is 9.53 Å². The van der Waals surface area contributed by atoms with Crippen molar-refractivity contribution < 1.29 is 9.53 Å². The molecule has 1 amide bonds. The fourth-order valence-electron chi connectivity index (χ4n) is 6.33. The SMILES string of the molecule is CN1CCC2(CN(c3ncccn3)CC23CCN(CC2CCOCC2)CC3)C1=O. The number of anilines is 1. The second-order valence-corrected chi connectivity index (χ2v) is 9.60. The fraction of sp³-hybridized carbons (Fsp3) is 0.773. The molecule has 4 aliphatic rings. The Morgan fingerprint density at radius 3 is 2.45 bits per heavy atom. The van der Waals surface area contributed by atoms with Crippen LogP contribution in [0, 0.1) is 16.7 Å². The van der Waals surface area contributed by atoms with Gasteiger partial charge < -0.3 is 19.4 Å². The number of aromatic nitrogens is 2. The summed E-state index contributed by atoms with van der Waals surface area (Å²) in [4.78, 5) is 29.3.